The second-order valence-corrected chi connectivity index (χ2v) is 2.80. The number of amides is 1. The third-order valence-electron chi connectivity index (χ3n) is 1.62. The molecule has 0 radical (unpaired) electrons. The Kier molecular flexibility index (Phi) is 5.88. The van der Waals surface area contributed by atoms with E-state index >= 15 is 0 Å². The van der Waals surface area contributed by atoms with Crippen LogP contribution in [0.25, 0.3) is 0 Å². The predicted molar refractivity (Wildman–Crippen MR) is 48.4 cm³/mol. The highest BCUT2D eigenvalue weighted by Gasteiger charge is 2.12. The first-order chi connectivity index (χ1) is 6.10. The lowest BCUT2D eigenvalue weighted by atomic mass is 10.1. The van der Waals surface area contributed by atoms with Gasteiger partial charge in [-0.1, -0.05) is 6.92 Å². The molecule has 76 valence electrons. The zero-order valence-corrected chi connectivity index (χ0v) is 7.96. The van der Waals surface area contributed by atoms with Gasteiger partial charge in [0.15, 0.2) is 0 Å². The Balaban J connectivity index is 3.83. The van der Waals surface area contributed by atoms with Crippen LogP contribution in [-0.4, -0.2) is 36.6 Å². The second-order valence-electron chi connectivity index (χ2n) is 2.80. The van der Waals surface area contributed by atoms with E-state index < -0.39 is 5.97 Å². The minimum Gasteiger partial charge on any atom is -0.481 e. The fraction of sp³-hybridized carbons (Fsp3) is 0.750. The van der Waals surface area contributed by atoms with Crippen LogP contribution >= 0.6 is 0 Å². The van der Waals surface area contributed by atoms with Crippen LogP contribution in [0.4, 0.5) is 0 Å². The molecule has 13 heavy (non-hydrogen) atoms. The van der Waals surface area contributed by atoms with Crippen molar-refractivity contribution in [3.05, 3.63) is 0 Å². The molecular formula is C8H16N2O3. The van der Waals surface area contributed by atoms with Gasteiger partial charge in [-0.3, -0.25) is 9.59 Å². The van der Waals surface area contributed by atoms with Crippen LogP contribution in [0.3, 0.4) is 0 Å². The number of carbonyl (C=O) groups excluding carboxylic acids is 1. The summed E-state index contributed by atoms with van der Waals surface area (Å²) in [6.45, 7) is 2.06. The molecule has 0 bridgehead atoms. The molecule has 1 atom stereocenters. The number of hydrogen-bond acceptors (Lipinski definition) is 3. The second kappa shape index (κ2) is 6.42. The SMILES string of the molecule is CCC(CC(=O)O)NC(=O)CNC. The molecule has 1 amide bonds. The summed E-state index contributed by atoms with van der Waals surface area (Å²) in [4.78, 5) is 21.4. The number of carboxylic acid groups (broad SMARTS) is 1. The van der Waals surface area contributed by atoms with Crippen LogP contribution in [0, 0.1) is 0 Å². The van der Waals surface area contributed by atoms with Gasteiger partial charge in [0.1, 0.15) is 0 Å². The fourth-order valence-corrected chi connectivity index (χ4v) is 0.947. The lowest BCUT2D eigenvalue weighted by Crippen LogP contribution is -2.40. The monoisotopic (exact) mass is 188 g/mol. The Hall–Kier alpha value is -1.10. The lowest BCUT2D eigenvalue weighted by Gasteiger charge is -2.14. The van der Waals surface area contributed by atoms with Crippen LogP contribution in [0.1, 0.15) is 19.8 Å². The van der Waals surface area contributed by atoms with Crippen LogP contribution < -0.4 is 10.6 Å². The molecule has 0 saturated heterocycles. The molecule has 0 aromatic rings. The molecule has 1 unspecified atom stereocenters. The molecule has 5 nitrogen and oxygen atoms in total. The minimum absolute atomic E-state index is 0.0219. The van der Waals surface area contributed by atoms with Gasteiger partial charge >= 0.3 is 5.97 Å². The number of carboxylic acids is 1. The number of hydrogen-bond donors (Lipinski definition) is 3. The van der Waals surface area contributed by atoms with Crippen LogP contribution in [0.5, 0.6) is 0 Å². The third kappa shape index (κ3) is 6.10. The summed E-state index contributed by atoms with van der Waals surface area (Å²) in [5.74, 6) is -1.06. The third-order valence-corrected chi connectivity index (χ3v) is 1.62. The van der Waals surface area contributed by atoms with E-state index in [1.807, 2.05) is 6.92 Å². The normalized spacial score (nSPS) is 12.2. The van der Waals surface area contributed by atoms with Crippen molar-refractivity contribution in [3.63, 3.8) is 0 Å². The maximum atomic E-state index is 11.0. The maximum absolute atomic E-state index is 11.0. The molecule has 0 aromatic heterocycles. The predicted octanol–water partition coefficient (Wildman–Crippen LogP) is -0.425. The Bertz CT molecular complexity index is 182. The Morgan fingerprint density at radius 2 is 2.08 bits per heavy atom. The number of rotatable bonds is 6. The number of aliphatic carboxylic acids is 1. The summed E-state index contributed by atoms with van der Waals surface area (Å²) < 4.78 is 0. The first-order valence-electron chi connectivity index (χ1n) is 4.25. The van der Waals surface area contributed by atoms with Gasteiger partial charge < -0.3 is 15.7 Å². The van der Waals surface area contributed by atoms with E-state index in [0.29, 0.717) is 6.42 Å². The van der Waals surface area contributed by atoms with Crippen molar-refractivity contribution in [3.8, 4) is 0 Å². The van der Waals surface area contributed by atoms with Crippen molar-refractivity contribution in [1.29, 1.82) is 0 Å². The quantitative estimate of drug-likeness (QED) is 0.529. The number of nitrogens with one attached hydrogen (secondary N) is 2. The van der Waals surface area contributed by atoms with Gasteiger partial charge in [-0.15, -0.1) is 0 Å². The standard InChI is InChI=1S/C8H16N2O3/c1-3-6(4-8(12)13)10-7(11)5-9-2/h6,9H,3-5H2,1-2H3,(H,10,11)(H,12,13). The van der Waals surface area contributed by atoms with E-state index in [4.69, 9.17) is 5.11 Å². The summed E-state index contributed by atoms with van der Waals surface area (Å²) >= 11 is 0. The van der Waals surface area contributed by atoms with Gasteiger partial charge in [-0.25, -0.2) is 0 Å². The molecular weight excluding hydrogens is 172 g/mol. The Labute approximate surface area is 77.5 Å². The molecule has 0 spiro atoms. The fourth-order valence-electron chi connectivity index (χ4n) is 0.947. The average Bonchev–Trinajstić information content (AvgIpc) is 2.02. The topological polar surface area (TPSA) is 78.4 Å². The molecule has 0 aromatic carbocycles. The molecule has 0 rings (SSSR count). The van der Waals surface area contributed by atoms with Crippen molar-refractivity contribution >= 4 is 11.9 Å². The van der Waals surface area contributed by atoms with Gasteiger partial charge in [0.2, 0.25) is 5.91 Å². The molecule has 0 fully saturated rings. The summed E-state index contributed by atoms with van der Waals surface area (Å²) in [7, 11) is 1.66. The molecule has 0 aliphatic heterocycles. The van der Waals surface area contributed by atoms with Crippen molar-refractivity contribution in [1.82, 2.24) is 10.6 Å². The highest BCUT2D eigenvalue weighted by molar-refractivity contribution is 5.79. The van der Waals surface area contributed by atoms with Crippen molar-refractivity contribution < 1.29 is 14.7 Å². The van der Waals surface area contributed by atoms with Gasteiger partial charge in [-0.05, 0) is 13.5 Å². The highest BCUT2D eigenvalue weighted by atomic mass is 16.4. The number of carbonyl (C=O) groups is 2. The van der Waals surface area contributed by atoms with E-state index in [2.05, 4.69) is 10.6 Å². The zero-order valence-electron chi connectivity index (χ0n) is 7.96. The minimum atomic E-state index is -0.892. The maximum Gasteiger partial charge on any atom is 0.305 e. The van der Waals surface area contributed by atoms with E-state index in [1.54, 1.807) is 7.05 Å². The van der Waals surface area contributed by atoms with Gasteiger partial charge in [0, 0.05) is 6.04 Å². The molecule has 0 heterocycles. The van der Waals surface area contributed by atoms with Crippen LogP contribution in [0.2, 0.25) is 0 Å². The Morgan fingerprint density at radius 1 is 1.46 bits per heavy atom. The largest absolute Gasteiger partial charge is 0.481 e. The average molecular weight is 188 g/mol. The summed E-state index contributed by atoms with van der Waals surface area (Å²) in [5, 5.41) is 13.8. The van der Waals surface area contributed by atoms with E-state index in [1.165, 1.54) is 0 Å². The van der Waals surface area contributed by atoms with E-state index in [-0.39, 0.29) is 24.9 Å². The van der Waals surface area contributed by atoms with Crippen LogP contribution in [-0.2, 0) is 9.59 Å². The molecule has 3 N–H and O–H groups in total. The zero-order chi connectivity index (χ0) is 10.3. The molecule has 0 saturated carbocycles. The summed E-state index contributed by atoms with van der Waals surface area (Å²) in [5.41, 5.74) is 0. The molecule has 5 heteroatoms. The summed E-state index contributed by atoms with van der Waals surface area (Å²) in [6, 6.07) is -0.265. The lowest BCUT2D eigenvalue weighted by molar-refractivity contribution is -0.137. The van der Waals surface area contributed by atoms with Gasteiger partial charge in [-0.2, -0.15) is 0 Å². The Morgan fingerprint density at radius 3 is 2.46 bits per heavy atom. The van der Waals surface area contributed by atoms with Gasteiger partial charge in [0.25, 0.3) is 0 Å². The number of likely N-dealkylation sites (N-methyl/N-ethyl adjacent to an activating group) is 1. The first-order valence-corrected chi connectivity index (χ1v) is 4.25. The highest BCUT2D eigenvalue weighted by Crippen LogP contribution is 1.96. The van der Waals surface area contributed by atoms with Crippen molar-refractivity contribution in [2.45, 2.75) is 25.8 Å². The van der Waals surface area contributed by atoms with Crippen molar-refractivity contribution in [2.24, 2.45) is 0 Å². The smallest absolute Gasteiger partial charge is 0.305 e. The first kappa shape index (κ1) is 11.9. The van der Waals surface area contributed by atoms with E-state index in [0.717, 1.165) is 0 Å². The van der Waals surface area contributed by atoms with E-state index in [9.17, 15) is 9.59 Å². The molecule has 0 aliphatic carbocycles. The van der Waals surface area contributed by atoms with Crippen molar-refractivity contribution in [2.75, 3.05) is 13.6 Å². The molecule has 0 aliphatic rings. The van der Waals surface area contributed by atoms with Gasteiger partial charge in [0.05, 0.1) is 13.0 Å². The summed E-state index contributed by atoms with van der Waals surface area (Å²) in [6.07, 6.45) is 0.605. The van der Waals surface area contributed by atoms with Crippen LogP contribution in [0.15, 0.2) is 0 Å².